The fourth-order valence-electron chi connectivity index (χ4n) is 1.72. The molecular formula is C14H18N4O. The van der Waals surface area contributed by atoms with E-state index >= 15 is 0 Å². The van der Waals surface area contributed by atoms with E-state index in [1.165, 1.54) is 0 Å². The second kappa shape index (κ2) is 6.70. The number of nitrogens with one attached hydrogen (secondary N) is 2. The maximum atomic E-state index is 5.20. The molecule has 100 valence electrons. The molecule has 1 aromatic carbocycles. The largest absolute Gasteiger partial charge is 0.497 e. The molecule has 19 heavy (non-hydrogen) atoms. The van der Waals surface area contributed by atoms with E-state index in [1.807, 2.05) is 37.4 Å². The van der Waals surface area contributed by atoms with Crippen LogP contribution in [0, 0.1) is 0 Å². The van der Waals surface area contributed by atoms with Crippen molar-refractivity contribution in [1.29, 1.82) is 0 Å². The Bertz CT molecular complexity index is 530. The Hall–Kier alpha value is -2.14. The maximum Gasteiger partial charge on any atom is 0.144 e. The van der Waals surface area contributed by atoms with E-state index in [2.05, 4.69) is 20.6 Å². The number of rotatable bonds is 6. The van der Waals surface area contributed by atoms with Crippen LogP contribution in [-0.2, 0) is 13.1 Å². The van der Waals surface area contributed by atoms with Crippen molar-refractivity contribution in [3.05, 3.63) is 47.9 Å². The first kappa shape index (κ1) is 13.3. The molecule has 1 aromatic heterocycles. The van der Waals surface area contributed by atoms with Crippen molar-refractivity contribution < 1.29 is 4.74 Å². The lowest BCUT2D eigenvalue weighted by Crippen LogP contribution is -2.10. The van der Waals surface area contributed by atoms with E-state index in [0.717, 1.165) is 23.0 Å². The second-order valence-corrected chi connectivity index (χ2v) is 4.09. The normalized spacial score (nSPS) is 10.2. The lowest BCUT2D eigenvalue weighted by molar-refractivity contribution is 0.414. The molecule has 1 heterocycles. The van der Waals surface area contributed by atoms with Gasteiger partial charge in [-0.2, -0.15) is 0 Å². The van der Waals surface area contributed by atoms with Crippen molar-refractivity contribution in [2.75, 3.05) is 19.5 Å². The highest BCUT2D eigenvalue weighted by Crippen LogP contribution is 2.13. The van der Waals surface area contributed by atoms with Crippen molar-refractivity contribution in [2.24, 2.45) is 0 Å². The Kier molecular flexibility index (Phi) is 4.69. The molecule has 0 saturated carbocycles. The molecule has 0 spiro atoms. The average molecular weight is 258 g/mol. The Morgan fingerprint density at radius 3 is 2.89 bits per heavy atom. The molecule has 0 radical (unpaired) electrons. The average Bonchev–Trinajstić information content (AvgIpc) is 2.46. The Morgan fingerprint density at radius 2 is 2.11 bits per heavy atom. The molecule has 0 amide bonds. The summed E-state index contributed by atoms with van der Waals surface area (Å²) in [4.78, 5) is 8.58. The van der Waals surface area contributed by atoms with Gasteiger partial charge in [-0.15, -0.1) is 0 Å². The summed E-state index contributed by atoms with van der Waals surface area (Å²) < 4.78 is 5.20. The second-order valence-electron chi connectivity index (χ2n) is 4.09. The van der Waals surface area contributed by atoms with Gasteiger partial charge in [-0.3, -0.25) is 0 Å². The van der Waals surface area contributed by atoms with Crippen LogP contribution < -0.4 is 15.4 Å². The van der Waals surface area contributed by atoms with Gasteiger partial charge in [-0.1, -0.05) is 12.1 Å². The zero-order valence-electron chi connectivity index (χ0n) is 11.2. The van der Waals surface area contributed by atoms with Crippen LogP contribution >= 0.6 is 0 Å². The predicted octanol–water partition coefficient (Wildman–Crippen LogP) is 1.82. The number of ether oxygens (including phenoxy) is 1. The first-order valence-corrected chi connectivity index (χ1v) is 6.15. The van der Waals surface area contributed by atoms with E-state index in [-0.39, 0.29) is 0 Å². The highest BCUT2D eigenvalue weighted by atomic mass is 16.5. The van der Waals surface area contributed by atoms with E-state index in [4.69, 9.17) is 4.74 Å². The monoisotopic (exact) mass is 258 g/mol. The molecule has 2 aromatic rings. The third-order valence-corrected chi connectivity index (χ3v) is 2.65. The number of nitrogens with zero attached hydrogens (tertiary/aromatic N) is 2. The number of aromatic nitrogens is 2. The van der Waals surface area contributed by atoms with Crippen LogP contribution in [-0.4, -0.2) is 24.1 Å². The number of methoxy groups -OCH3 is 1. The zero-order chi connectivity index (χ0) is 13.5. The van der Waals surface area contributed by atoms with Gasteiger partial charge in [0.05, 0.1) is 13.7 Å². The molecule has 0 saturated heterocycles. The summed E-state index contributed by atoms with van der Waals surface area (Å²) in [6.07, 6.45) is 1.76. The molecule has 0 fully saturated rings. The highest BCUT2D eigenvalue weighted by Gasteiger charge is 1.99. The van der Waals surface area contributed by atoms with E-state index in [0.29, 0.717) is 13.1 Å². The first-order chi connectivity index (χ1) is 9.31. The molecule has 5 heteroatoms. The van der Waals surface area contributed by atoms with Crippen LogP contribution in [0.25, 0.3) is 0 Å². The van der Waals surface area contributed by atoms with Gasteiger partial charge in [0.15, 0.2) is 0 Å². The first-order valence-electron chi connectivity index (χ1n) is 6.15. The van der Waals surface area contributed by atoms with Crippen molar-refractivity contribution in [3.8, 4) is 5.75 Å². The molecule has 0 unspecified atom stereocenters. The lowest BCUT2D eigenvalue weighted by Gasteiger charge is -2.08. The van der Waals surface area contributed by atoms with Crippen molar-refractivity contribution in [2.45, 2.75) is 13.1 Å². The van der Waals surface area contributed by atoms with Crippen LogP contribution in [0.1, 0.15) is 11.4 Å². The van der Waals surface area contributed by atoms with Gasteiger partial charge in [0.2, 0.25) is 0 Å². The minimum Gasteiger partial charge on any atom is -0.497 e. The quantitative estimate of drug-likeness (QED) is 0.827. The summed E-state index contributed by atoms with van der Waals surface area (Å²) in [5, 5.41) is 6.31. The number of hydrogen-bond donors (Lipinski definition) is 2. The third kappa shape index (κ3) is 3.93. The van der Waals surface area contributed by atoms with Crippen molar-refractivity contribution >= 4 is 5.82 Å². The van der Waals surface area contributed by atoms with E-state index in [9.17, 15) is 0 Å². The minimum atomic E-state index is 0.661. The molecule has 0 aliphatic rings. The van der Waals surface area contributed by atoms with E-state index in [1.54, 1.807) is 13.3 Å². The molecule has 0 atom stereocenters. The van der Waals surface area contributed by atoms with Gasteiger partial charge in [0.25, 0.3) is 0 Å². The standard InChI is InChI=1S/C14H18N4O/c1-15-10-14-16-7-6-13(18-14)17-9-11-4-3-5-12(8-11)19-2/h3-8,15H,9-10H2,1-2H3,(H,16,17,18). The SMILES string of the molecule is CNCc1nccc(NCc2cccc(OC)c2)n1. The predicted molar refractivity (Wildman–Crippen MR) is 75.1 cm³/mol. The number of benzene rings is 1. The molecule has 2 rings (SSSR count). The smallest absolute Gasteiger partial charge is 0.144 e. The molecular weight excluding hydrogens is 240 g/mol. The van der Waals surface area contributed by atoms with Crippen LogP contribution in [0.4, 0.5) is 5.82 Å². The molecule has 0 bridgehead atoms. The van der Waals surface area contributed by atoms with Crippen molar-refractivity contribution in [1.82, 2.24) is 15.3 Å². The lowest BCUT2D eigenvalue weighted by atomic mass is 10.2. The van der Waals surface area contributed by atoms with Crippen LogP contribution in [0.2, 0.25) is 0 Å². The number of hydrogen-bond acceptors (Lipinski definition) is 5. The maximum absolute atomic E-state index is 5.20. The summed E-state index contributed by atoms with van der Waals surface area (Å²) in [5.74, 6) is 2.46. The zero-order valence-corrected chi connectivity index (χ0v) is 11.2. The van der Waals surface area contributed by atoms with Gasteiger partial charge in [0, 0.05) is 12.7 Å². The fourth-order valence-corrected chi connectivity index (χ4v) is 1.72. The molecule has 0 aliphatic heterocycles. The molecule has 0 aliphatic carbocycles. The van der Waals surface area contributed by atoms with Gasteiger partial charge in [-0.05, 0) is 30.8 Å². The summed E-state index contributed by atoms with van der Waals surface area (Å²) in [5.41, 5.74) is 1.15. The summed E-state index contributed by atoms with van der Waals surface area (Å²) in [6.45, 7) is 1.36. The van der Waals surface area contributed by atoms with Crippen LogP contribution in [0.3, 0.4) is 0 Å². The summed E-state index contributed by atoms with van der Waals surface area (Å²) in [6, 6.07) is 9.81. The summed E-state index contributed by atoms with van der Waals surface area (Å²) >= 11 is 0. The van der Waals surface area contributed by atoms with Crippen LogP contribution in [0.15, 0.2) is 36.5 Å². The molecule has 5 nitrogen and oxygen atoms in total. The fraction of sp³-hybridized carbons (Fsp3) is 0.286. The Balaban J connectivity index is 1.99. The topological polar surface area (TPSA) is 59.1 Å². The van der Waals surface area contributed by atoms with Gasteiger partial charge in [0.1, 0.15) is 17.4 Å². The minimum absolute atomic E-state index is 0.661. The van der Waals surface area contributed by atoms with E-state index < -0.39 is 0 Å². The number of anilines is 1. The third-order valence-electron chi connectivity index (χ3n) is 2.65. The van der Waals surface area contributed by atoms with Gasteiger partial charge >= 0.3 is 0 Å². The molecule has 2 N–H and O–H groups in total. The van der Waals surface area contributed by atoms with Gasteiger partial charge in [-0.25, -0.2) is 9.97 Å². The highest BCUT2D eigenvalue weighted by molar-refractivity contribution is 5.36. The van der Waals surface area contributed by atoms with Gasteiger partial charge < -0.3 is 15.4 Å². The van der Waals surface area contributed by atoms with Crippen molar-refractivity contribution in [3.63, 3.8) is 0 Å². The van der Waals surface area contributed by atoms with Crippen LogP contribution in [0.5, 0.6) is 5.75 Å². The summed E-state index contributed by atoms with van der Waals surface area (Å²) in [7, 11) is 3.54. The Labute approximate surface area is 113 Å². The Morgan fingerprint density at radius 1 is 1.21 bits per heavy atom.